The fraction of sp³-hybridized carbons (Fsp3) is 0.389. The van der Waals surface area contributed by atoms with Crippen LogP contribution in [0.2, 0.25) is 0 Å². The molecule has 0 N–H and O–H groups in total. The minimum Gasteiger partial charge on any atom is -0.488 e. The molecular weight excluding hydrogens is 276 g/mol. The Morgan fingerprint density at radius 2 is 2.09 bits per heavy atom. The Morgan fingerprint density at radius 3 is 2.86 bits per heavy atom. The number of hydrogen-bond donors (Lipinski definition) is 0. The van der Waals surface area contributed by atoms with Gasteiger partial charge in [-0.3, -0.25) is 4.79 Å². The Kier molecular flexibility index (Phi) is 3.17. The molecule has 0 unspecified atom stereocenters. The van der Waals surface area contributed by atoms with E-state index in [0.717, 1.165) is 17.9 Å². The number of rotatable bonds is 4. The van der Waals surface area contributed by atoms with Gasteiger partial charge in [0.2, 0.25) is 0 Å². The van der Waals surface area contributed by atoms with E-state index >= 15 is 0 Å². The van der Waals surface area contributed by atoms with Crippen molar-refractivity contribution in [1.82, 2.24) is 9.47 Å². The largest absolute Gasteiger partial charge is 0.488 e. The molecule has 4 nitrogen and oxygen atoms in total. The maximum absolute atomic E-state index is 12.7. The van der Waals surface area contributed by atoms with Gasteiger partial charge in [-0.2, -0.15) is 0 Å². The van der Waals surface area contributed by atoms with Crippen LogP contribution in [0.3, 0.4) is 0 Å². The summed E-state index contributed by atoms with van der Waals surface area (Å²) in [6.45, 7) is 0.614. The fourth-order valence-electron chi connectivity index (χ4n) is 3.19. The molecule has 2 aliphatic rings. The first-order valence-electron chi connectivity index (χ1n) is 7.89. The van der Waals surface area contributed by atoms with E-state index in [0.29, 0.717) is 12.6 Å². The van der Waals surface area contributed by atoms with Gasteiger partial charge in [0.25, 0.3) is 5.91 Å². The number of fused-ring (bicyclic) bond motifs is 1. The zero-order valence-electron chi connectivity index (χ0n) is 12.7. The van der Waals surface area contributed by atoms with Crippen molar-refractivity contribution in [2.24, 2.45) is 0 Å². The lowest BCUT2D eigenvalue weighted by atomic mass is 10.1. The first kappa shape index (κ1) is 13.4. The maximum atomic E-state index is 12.7. The standard InChI is InChI=1S/C18H20N2O2/c1-19(12-15-11-13-5-2-3-7-17(13)22-15)18(21)16-6-4-10-20(16)14-8-9-14/h2-7,10,14-15H,8-9,11-12H2,1H3/t15-/m1/s1. The third-order valence-electron chi connectivity index (χ3n) is 4.48. The maximum Gasteiger partial charge on any atom is 0.270 e. The molecule has 0 saturated heterocycles. The van der Waals surface area contributed by atoms with Crippen molar-refractivity contribution in [3.05, 3.63) is 53.9 Å². The molecule has 0 radical (unpaired) electrons. The van der Waals surface area contributed by atoms with Crippen LogP contribution in [-0.4, -0.2) is 35.1 Å². The summed E-state index contributed by atoms with van der Waals surface area (Å²) < 4.78 is 8.05. The average molecular weight is 296 g/mol. The first-order valence-corrected chi connectivity index (χ1v) is 7.89. The normalized spacial score (nSPS) is 19.6. The SMILES string of the molecule is CN(C[C@H]1Cc2ccccc2O1)C(=O)c1cccn1C1CC1. The zero-order valence-corrected chi connectivity index (χ0v) is 12.7. The number of carbonyl (C=O) groups is 1. The summed E-state index contributed by atoms with van der Waals surface area (Å²) in [5, 5.41) is 0. The van der Waals surface area contributed by atoms with Crippen LogP contribution in [0.5, 0.6) is 5.75 Å². The van der Waals surface area contributed by atoms with Crippen LogP contribution in [0, 0.1) is 0 Å². The van der Waals surface area contributed by atoms with Crippen molar-refractivity contribution >= 4 is 5.91 Å². The molecule has 1 atom stereocenters. The van der Waals surface area contributed by atoms with E-state index < -0.39 is 0 Å². The molecular formula is C18H20N2O2. The number of aromatic nitrogens is 1. The molecule has 4 heteroatoms. The van der Waals surface area contributed by atoms with Gasteiger partial charge in [0.1, 0.15) is 17.5 Å². The van der Waals surface area contributed by atoms with Gasteiger partial charge in [-0.15, -0.1) is 0 Å². The molecule has 1 aliphatic heterocycles. The molecule has 1 amide bonds. The summed E-state index contributed by atoms with van der Waals surface area (Å²) in [5.74, 6) is 1.03. The van der Waals surface area contributed by atoms with E-state index in [-0.39, 0.29) is 12.0 Å². The van der Waals surface area contributed by atoms with E-state index in [1.807, 2.05) is 43.6 Å². The molecule has 1 aliphatic carbocycles. The predicted octanol–water partition coefficient (Wildman–Crippen LogP) is 2.90. The van der Waals surface area contributed by atoms with Crippen LogP contribution >= 0.6 is 0 Å². The van der Waals surface area contributed by atoms with E-state index in [2.05, 4.69) is 10.6 Å². The van der Waals surface area contributed by atoms with Crippen molar-refractivity contribution in [1.29, 1.82) is 0 Å². The van der Waals surface area contributed by atoms with Crippen molar-refractivity contribution in [2.75, 3.05) is 13.6 Å². The van der Waals surface area contributed by atoms with Gasteiger partial charge >= 0.3 is 0 Å². The molecule has 4 rings (SSSR count). The second kappa shape index (κ2) is 5.20. The Labute approximate surface area is 130 Å². The van der Waals surface area contributed by atoms with E-state index in [1.165, 1.54) is 18.4 Å². The van der Waals surface area contributed by atoms with Crippen LogP contribution < -0.4 is 4.74 Å². The zero-order chi connectivity index (χ0) is 15.1. The molecule has 1 aromatic carbocycles. The quantitative estimate of drug-likeness (QED) is 0.869. The number of para-hydroxylation sites is 1. The highest BCUT2D eigenvalue weighted by Crippen LogP contribution is 2.36. The van der Waals surface area contributed by atoms with Gasteiger partial charge < -0.3 is 14.2 Å². The molecule has 1 fully saturated rings. The van der Waals surface area contributed by atoms with E-state index in [4.69, 9.17) is 4.74 Å². The molecule has 22 heavy (non-hydrogen) atoms. The smallest absolute Gasteiger partial charge is 0.270 e. The Bertz CT molecular complexity index is 678. The third-order valence-corrected chi connectivity index (χ3v) is 4.48. The molecule has 0 spiro atoms. The summed E-state index contributed by atoms with van der Waals surface area (Å²) in [4.78, 5) is 14.5. The van der Waals surface area contributed by atoms with Crippen LogP contribution in [-0.2, 0) is 6.42 Å². The number of amides is 1. The predicted molar refractivity (Wildman–Crippen MR) is 84.2 cm³/mol. The summed E-state index contributed by atoms with van der Waals surface area (Å²) in [5.41, 5.74) is 2.02. The molecule has 1 aromatic heterocycles. The lowest BCUT2D eigenvalue weighted by molar-refractivity contribution is 0.0719. The minimum atomic E-state index is 0.0516. The van der Waals surface area contributed by atoms with E-state index in [1.54, 1.807) is 4.90 Å². The topological polar surface area (TPSA) is 34.5 Å². The van der Waals surface area contributed by atoms with Crippen LogP contribution in [0.15, 0.2) is 42.6 Å². The molecule has 114 valence electrons. The van der Waals surface area contributed by atoms with Gasteiger partial charge in [0.15, 0.2) is 0 Å². The Balaban J connectivity index is 1.43. The van der Waals surface area contributed by atoms with E-state index in [9.17, 15) is 4.79 Å². The fourth-order valence-corrected chi connectivity index (χ4v) is 3.19. The van der Waals surface area contributed by atoms with Gasteiger partial charge in [-0.05, 0) is 36.6 Å². The third kappa shape index (κ3) is 2.39. The monoisotopic (exact) mass is 296 g/mol. The average Bonchev–Trinajstić information content (AvgIpc) is 3.11. The lowest BCUT2D eigenvalue weighted by Gasteiger charge is -2.22. The Hall–Kier alpha value is -2.23. The minimum absolute atomic E-state index is 0.0516. The number of benzene rings is 1. The van der Waals surface area contributed by atoms with Gasteiger partial charge in [-0.25, -0.2) is 0 Å². The Morgan fingerprint density at radius 1 is 1.27 bits per heavy atom. The van der Waals surface area contributed by atoms with Crippen LogP contribution in [0.25, 0.3) is 0 Å². The van der Waals surface area contributed by atoms with Gasteiger partial charge in [0, 0.05) is 25.7 Å². The second-order valence-electron chi connectivity index (χ2n) is 6.27. The van der Waals surface area contributed by atoms with Crippen molar-refractivity contribution < 1.29 is 9.53 Å². The van der Waals surface area contributed by atoms with Crippen LogP contribution in [0.1, 0.15) is 34.9 Å². The van der Waals surface area contributed by atoms with Gasteiger partial charge in [-0.1, -0.05) is 18.2 Å². The van der Waals surface area contributed by atoms with Crippen LogP contribution in [0.4, 0.5) is 0 Å². The highest BCUT2D eigenvalue weighted by molar-refractivity contribution is 5.92. The van der Waals surface area contributed by atoms with Crippen molar-refractivity contribution in [3.63, 3.8) is 0 Å². The highest BCUT2D eigenvalue weighted by atomic mass is 16.5. The number of carbonyl (C=O) groups excluding carboxylic acids is 1. The van der Waals surface area contributed by atoms with Crippen molar-refractivity contribution in [2.45, 2.75) is 31.4 Å². The summed E-state index contributed by atoms with van der Waals surface area (Å²) in [6.07, 6.45) is 5.30. The summed E-state index contributed by atoms with van der Waals surface area (Å²) in [7, 11) is 1.86. The first-order chi connectivity index (χ1) is 10.7. The highest BCUT2D eigenvalue weighted by Gasteiger charge is 2.29. The van der Waals surface area contributed by atoms with Crippen molar-refractivity contribution in [3.8, 4) is 5.75 Å². The number of nitrogens with zero attached hydrogens (tertiary/aromatic N) is 2. The van der Waals surface area contributed by atoms with Gasteiger partial charge in [0.05, 0.1) is 6.54 Å². The second-order valence-corrected chi connectivity index (χ2v) is 6.27. The molecule has 2 heterocycles. The summed E-state index contributed by atoms with van der Waals surface area (Å²) in [6, 6.07) is 12.5. The lowest BCUT2D eigenvalue weighted by Crippen LogP contribution is -2.37. The molecule has 0 bridgehead atoms. The molecule has 1 saturated carbocycles. The molecule has 2 aromatic rings. The summed E-state index contributed by atoms with van der Waals surface area (Å²) >= 11 is 0. The number of ether oxygens (including phenoxy) is 1. The number of likely N-dealkylation sites (N-methyl/N-ethyl adjacent to an activating group) is 1. The number of hydrogen-bond acceptors (Lipinski definition) is 2.